The third-order valence-electron chi connectivity index (χ3n) is 4.21. The number of fused-ring (bicyclic) bond motifs is 1. The fourth-order valence-electron chi connectivity index (χ4n) is 2.90. The lowest BCUT2D eigenvalue weighted by Crippen LogP contribution is -2.29. The largest absolute Gasteiger partial charge is 0.472 e. The van der Waals surface area contributed by atoms with Gasteiger partial charge in [-0.3, -0.25) is 9.59 Å². The average molecular weight is 327 g/mol. The van der Waals surface area contributed by atoms with Crippen molar-refractivity contribution in [1.29, 1.82) is 0 Å². The molecule has 2 amide bonds. The van der Waals surface area contributed by atoms with E-state index in [0.29, 0.717) is 18.7 Å². The molecular weight excluding hydrogens is 306 g/mol. The highest BCUT2D eigenvalue weighted by atomic mass is 16.3. The van der Waals surface area contributed by atoms with Crippen LogP contribution in [0.4, 0.5) is 11.4 Å². The number of furan rings is 1. The third-order valence-corrected chi connectivity index (χ3v) is 4.21. The molecule has 1 aliphatic heterocycles. The summed E-state index contributed by atoms with van der Waals surface area (Å²) in [5.41, 5.74) is 3.26. The highest BCUT2D eigenvalue weighted by Gasteiger charge is 2.26. The topological polar surface area (TPSA) is 74.6 Å². The van der Waals surface area contributed by atoms with Crippen molar-refractivity contribution in [2.75, 3.05) is 30.4 Å². The molecule has 0 radical (unpaired) electrons. The number of anilines is 2. The maximum atomic E-state index is 12.5. The van der Waals surface area contributed by atoms with Gasteiger partial charge in [0.1, 0.15) is 6.26 Å². The van der Waals surface area contributed by atoms with Crippen molar-refractivity contribution in [1.82, 2.24) is 5.32 Å². The van der Waals surface area contributed by atoms with Gasteiger partial charge in [-0.2, -0.15) is 0 Å². The van der Waals surface area contributed by atoms with Gasteiger partial charge >= 0.3 is 0 Å². The second-order valence-electron chi connectivity index (χ2n) is 6.01. The van der Waals surface area contributed by atoms with Crippen molar-refractivity contribution in [3.05, 3.63) is 47.9 Å². The smallest absolute Gasteiger partial charge is 0.261 e. The summed E-state index contributed by atoms with van der Waals surface area (Å²) in [4.78, 5) is 26.3. The van der Waals surface area contributed by atoms with Gasteiger partial charge in [-0.15, -0.1) is 0 Å². The van der Waals surface area contributed by atoms with Gasteiger partial charge in [-0.05, 0) is 43.3 Å². The molecule has 126 valence electrons. The van der Waals surface area contributed by atoms with Crippen LogP contribution in [0.25, 0.3) is 0 Å². The van der Waals surface area contributed by atoms with E-state index >= 15 is 0 Å². The number of carbonyl (C=O) groups excluding carboxylic acids is 2. The molecule has 0 unspecified atom stereocenters. The van der Waals surface area contributed by atoms with E-state index in [2.05, 4.69) is 10.6 Å². The number of benzene rings is 1. The van der Waals surface area contributed by atoms with E-state index in [1.807, 2.05) is 32.2 Å². The van der Waals surface area contributed by atoms with E-state index in [9.17, 15) is 9.59 Å². The minimum Gasteiger partial charge on any atom is -0.472 e. The van der Waals surface area contributed by atoms with Crippen LogP contribution in [0.1, 0.15) is 22.8 Å². The summed E-state index contributed by atoms with van der Waals surface area (Å²) in [6.07, 6.45) is 3.72. The maximum Gasteiger partial charge on any atom is 0.261 e. The summed E-state index contributed by atoms with van der Waals surface area (Å²) in [7, 11) is 1.82. The number of carbonyl (C=O) groups is 2. The lowest BCUT2D eigenvalue weighted by Gasteiger charge is -2.17. The van der Waals surface area contributed by atoms with E-state index in [1.165, 1.54) is 12.5 Å². The highest BCUT2D eigenvalue weighted by Crippen LogP contribution is 2.31. The van der Waals surface area contributed by atoms with Gasteiger partial charge in [0.2, 0.25) is 5.91 Å². The Hall–Kier alpha value is -2.60. The Balaban J connectivity index is 1.74. The Morgan fingerprint density at radius 2 is 2.17 bits per heavy atom. The van der Waals surface area contributed by atoms with Crippen LogP contribution in [0.15, 0.2) is 41.2 Å². The molecule has 0 saturated carbocycles. The molecule has 1 aromatic heterocycles. The highest BCUT2D eigenvalue weighted by molar-refractivity contribution is 6.07. The number of nitrogens with one attached hydrogen (secondary N) is 2. The molecular formula is C18H21N3O3. The fraction of sp³-hybridized carbons (Fsp3) is 0.333. The Morgan fingerprint density at radius 1 is 1.33 bits per heavy atom. The number of nitrogens with zero attached hydrogens (tertiary/aromatic N) is 1. The van der Waals surface area contributed by atoms with Crippen molar-refractivity contribution >= 4 is 23.2 Å². The van der Waals surface area contributed by atoms with Crippen LogP contribution >= 0.6 is 0 Å². The first kappa shape index (κ1) is 16.3. The monoisotopic (exact) mass is 327 g/mol. The van der Waals surface area contributed by atoms with Crippen LogP contribution in [-0.4, -0.2) is 32.0 Å². The van der Waals surface area contributed by atoms with E-state index in [-0.39, 0.29) is 17.7 Å². The lowest BCUT2D eigenvalue weighted by atomic mass is 10.1. The molecule has 0 saturated heterocycles. The van der Waals surface area contributed by atoms with E-state index in [0.717, 1.165) is 23.4 Å². The van der Waals surface area contributed by atoms with E-state index in [1.54, 1.807) is 11.0 Å². The van der Waals surface area contributed by atoms with Gasteiger partial charge in [0.15, 0.2) is 0 Å². The Bertz CT molecular complexity index is 740. The predicted octanol–water partition coefficient (Wildman–Crippen LogP) is 2.28. The van der Waals surface area contributed by atoms with Crippen LogP contribution < -0.4 is 15.5 Å². The Kier molecular flexibility index (Phi) is 4.66. The minimum absolute atomic E-state index is 0.0198. The van der Waals surface area contributed by atoms with Crippen molar-refractivity contribution in [2.24, 2.45) is 5.92 Å². The van der Waals surface area contributed by atoms with Gasteiger partial charge < -0.3 is 20.0 Å². The number of hydrogen-bond acceptors (Lipinski definition) is 4. The van der Waals surface area contributed by atoms with Crippen LogP contribution in [0, 0.1) is 5.92 Å². The molecule has 24 heavy (non-hydrogen) atoms. The zero-order valence-corrected chi connectivity index (χ0v) is 13.8. The van der Waals surface area contributed by atoms with Crippen LogP contribution in [0.3, 0.4) is 0 Å². The summed E-state index contributed by atoms with van der Waals surface area (Å²) in [6, 6.07) is 7.34. The van der Waals surface area contributed by atoms with Crippen molar-refractivity contribution in [2.45, 2.75) is 13.3 Å². The molecule has 1 aliphatic rings. The summed E-state index contributed by atoms with van der Waals surface area (Å²) in [5.74, 6) is -0.196. The van der Waals surface area contributed by atoms with Crippen LogP contribution in [0.5, 0.6) is 0 Å². The van der Waals surface area contributed by atoms with Gasteiger partial charge in [0.25, 0.3) is 5.91 Å². The van der Waals surface area contributed by atoms with Crippen molar-refractivity contribution in [3.8, 4) is 0 Å². The molecule has 6 nitrogen and oxygen atoms in total. The number of hydrogen-bond donors (Lipinski definition) is 2. The molecule has 2 aromatic rings. The van der Waals surface area contributed by atoms with Gasteiger partial charge in [-0.25, -0.2) is 0 Å². The first-order valence-electron chi connectivity index (χ1n) is 8.02. The molecule has 0 spiro atoms. The molecule has 0 bridgehead atoms. The molecule has 1 atom stereocenters. The van der Waals surface area contributed by atoms with Gasteiger partial charge in [0.05, 0.1) is 11.8 Å². The number of amides is 2. The summed E-state index contributed by atoms with van der Waals surface area (Å²) in [6.45, 7) is 3.14. The van der Waals surface area contributed by atoms with E-state index < -0.39 is 0 Å². The van der Waals surface area contributed by atoms with Crippen molar-refractivity contribution < 1.29 is 14.0 Å². The van der Waals surface area contributed by atoms with E-state index in [4.69, 9.17) is 4.42 Å². The zero-order chi connectivity index (χ0) is 17.1. The van der Waals surface area contributed by atoms with Crippen molar-refractivity contribution in [3.63, 3.8) is 0 Å². The molecule has 0 fully saturated rings. The molecule has 2 heterocycles. The maximum absolute atomic E-state index is 12.5. The third kappa shape index (κ3) is 3.19. The first-order chi connectivity index (χ1) is 11.6. The van der Waals surface area contributed by atoms with Crippen LogP contribution in [-0.2, 0) is 11.2 Å². The average Bonchev–Trinajstić information content (AvgIpc) is 3.24. The predicted molar refractivity (Wildman–Crippen MR) is 92.3 cm³/mol. The lowest BCUT2D eigenvalue weighted by molar-refractivity contribution is -0.119. The normalized spacial score (nSPS) is 14.3. The molecule has 2 N–H and O–H groups in total. The molecule has 3 rings (SSSR count). The standard InChI is InChI=1S/C18H21N3O3/c1-12(10-19-2)17(22)20-15-3-4-16-13(9-15)5-7-21(16)18(23)14-6-8-24-11-14/h3-4,6,8-9,11-12,19H,5,7,10H2,1-2H3,(H,20,22)/t12-/m0/s1. The summed E-state index contributed by atoms with van der Waals surface area (Å²) >= 11 is 0. The summed E-state index contributed by atoms with van der Waals surface area (Å²) < 4.78 is 4.99. The van der Waals surface area contributed by atoms with Crippen LogP contribution in [0.2, 0.25) is 0 Å². The Labute approximate surface area is 140 Å². The zero-order valence-electron chi connectivity index (χ0n) is 13.8. The second kappa shape index (κ2) is 6.88. The number of rotatable bonds is 5. The SMILES string of the molecule is CNC[C@H](C)C(=O)Nc1ccc2c(c1)CCN2C(=O)c1ccoc1. The van der Waals surface area contributed by atoms with Gasteiger partial charge in [-0.1, -0.05) is 6.92 Å². The quantitative estimate of drug-likeness (QED) is 0.883. The molecule has 6 heteroatoms. The summed E-state index contributed by atoms with van der Waals surface area (Å²) in [5, 5.41) is 5.93. The Morgan fingerprint density at radius 3 is 2.88 bits per heavy atom. The molecule has 1 aromatic carbocycles. The fourth-order valence-corrected chi connectivity index (χ4v) is 2.90. The molecule has 0 aliphatic carbocycles. The first-order valence-corrected chi connectivity index (χ1v) is 8.02. The second-order valence-corrected chi connectivity index (χ2v) is 6.01. The van der Waals surface area contributed by atoms with Gasteiger partial charge in [0, 0.05) is 30.4 Å². The minimum atomic E-state index is -0.109.